The minimum atomic E-state index is -3.31. The highest BCUT2D eigenvalue weighted by Crippen LogP contribution is 2.26. The van der Waals surface area contributed by atoms with Gasteiger partial charge in [-0.1, -0.05) is 11.6 Å². The highest BCUT2D eigenvalue weighted by atomic mass is 35.5. The molecule has 1 aromatic carbocycles. The van der Waals surface area contributed by atoms with Crippen LogP contribution in [0.1, 0.15) is 5.69 Å². The predicted molar refractivity (Wildman–Crippen MR) is 80.5 cm³/mol. The second kappa shape index (κ2) is 5.72. The Morgan fingerprint density at radius 1 is 1.35 bits per heavy atom. The van der Waals surface area contributed by atoms with E-state index in [1.807, 2.05) is 13.1 Å². The standard InChI is InChI=1S/C12H15ClN4O2S/c1-17-10(5-6-15-17)8-14-12-7-9(3-4-11(12)13)16-20(2,18)19/h3-7,14,16H,8H2,1-2H3. The van der Waals surface area contributed by atoms with Crippen LogP contribution < -0.4 is 10.0 Å². The second-order valence-corrected chi connectivity index (χ2v) is 6.52. The zero-order chi connectivity index (χ0) is 14.8. The van der Waals surface area contributed by atoms with Crippen LogP contribution in [0.2, 0.25) is 5.02 Å². The molecule has 20 heavy (non-hydrogen) atoms. The number of nitrogens with one attached hydrogen (secondary N) is 2. The first-order valence-corrected chi connectivity index (χ1v) is 8.10. The summed E-state index contributed by atoms with van der Waals surface area (Å²) < 4.78 is 26.6. The van der Waals surface area contributed by atoms with Crippen LogP contribution in [0.4, 0.5) is 11.4 Å². The van der Waals surface area contributed by atoms with E-state index in [-0.39, 0.29) is 0 Å². The Kier molecular flexibility index (Phi) is 4.20. The molecule has 2 N–H and O–H groups in total. The summed E-state index contributed by atoms with van der Waals surface area (Å²) in [6, 6.07) is 6.79. The van der Waals surface area contributed by atoms with Crippen LogP contribution in [0.15, 0.2) is 30.5 Å². The average Bonchev–Trinajstić information content (AvgIpc) is 2.74. The maximum absolute atomic E-state index is 11.2. The molecule has 0 radical (unpaired) electrons. The number of hydrogen-bond donors (Lipinski definition) is 2. The maximum Gasteiger partial charge on any atom is 0.229 e. The van der Waals surface area contributed by atoms with E-state index >= 15 is 0 Å². The Hall–Kier alpha value is -1.73. The van der Waals surface area contributed by atoms with E-state index in [0.717, 1.165) is 11.9 Å². The third kappa shape index (κ3) is 3.88. The number of rotatable bonds is 5. The zero-order valence-corrected chi connectivity index (χ0v) is 12.7. The summed E-state index contributed by atoms with van der Waals surface area (Å²) in [6.45, 7) is 0.540. The highest BCUT2D eigenvalue weighted by Gasteiger charge is 2.06. The summed E-state index contributed by atoms with van der Waals surface area (Å²) in [5, 5.41) is 7.74. The van der Waals surface area contributed by atoms with Crippen molar-refractivity contribution in [2.75, 3.05) is 16.3 Å². The maximum atomic E-state index is 11.2. The zero-order valence-electron chi connectivity index (χ0n) is 11.1. The molecule has 0 aliphatic carbocycles. The number of anilines is 2. The van der Waals surface area contributed by atoms with Gasteiger partial charge in [0.25, 0.3) is 0 Å². The summed E-state index contributed by atoms with van der Waals surface area (Å²) in [6.07, 6.45) is 2.81. The van der Waals surface area contributed by atoms with Crippen LogP contribution in [0.5, 0.6) is 0 Å². The fraction of sp³-hybridized carbons (Fsp3) is 0.250. The summed E-state index contributed by atoms with van der Waals surface area (Å²) in [5.74, 6) is 0. The molecule has 0 atom stereocenters. The summed E-state index contributed by atoms with van der Waals surface area (Å²) in [7, 11) is -1.46. The largest absolute Gasteiger partial charge is 0.378 e. The molecule has 8 heteroatoms. The van der Waals surface area contributed by atoms with Crippen molar-refractivity contribution in [2.45, 2.75) is 6.54 Å². The normalized spacial score (nSPS) is 11.3. The van der Waals surface area contributed by atoms with Crippen LogP contribution in [0.25, 0.3) is 0 Å². The quantitative estimate of drug-likeness (QED) is 0.885. The number of aryl methyl sites for hydroxylation is 1. The fourth-order valence-corrected chi connectivity index (χ4v) is 2.44. The first kappa shape index (κ1) is 14.7. The molecular weight excluding hydrogens is 300 g/mol. The number of nitrogens with zero attached hydrogens (tertiary/aromatic N) is 2. The molecule has 0 spiro atoms. The van der Waals surface area contributed by atoms with Gasteiger partial charge in [0.05, 0.1) is 34.9 Å². The van der Waals surface area contributed by atoms with Gasteiger partial charge < -0.3 is 5.32 Å². The fourth-order valence-electron chi connectivity index (χ4n) is 1.70. The minimum Gasteiger partial charge on any atom is -0.378 e. The lowest BCUT2D eigenvalue weighted by Crippen LogP contribution is -2.10. The number of halogens is 1. The van der Waals surface area contributed by atoms with Crippen molar-refractivity contribution in [1.82, 2.24) is 9.78 Å². The van der Waals surface area contributed by atoms with Gasteiger partial charge in [-0.15, -0.1) is 0 Å². The van der Waals surface area contributed by atoms with Gasteiger partial charge in [0.1, 0.15) is 0 Å². The van der Waals surface area contributed by atoms with E-state index in [9.17, 15) is 8.42 Å². The molecule has 6 nitrogen and oxygen atoms in total. The van der Waals surface area contributed by atoms with E-state index in [2.05, 4.69) is 15.1 Å². The Morgan fingerprint density at radius 2 is 2.10 bits per heavy atom. The van der Waals surface area contributed by atoms with E-state index < -0.39 is 10.0 Å². The van der Waals surface area contributed by atoms with Crippen LogP contribution >= 0.6 is 11.6 Å². The summed E-state index contributed by atoms with van der Waals surface area (Å²) in [4.78, 5) is 0. The molecule has 0 amide bonds. The van der Waals surface area contributed by atoms with Crippen molar-refractivity contribution < 1.29 is 8.42 Å². The molecule has 2 aromatic rings. The van der Waals surface area contributed by atoms with Gasteiger partial charge in [0.15, 0.2) is 0 Å². The van der Waals surface area contributed by atoms with E-state index in [1.165, 1.54) is 0 Å². The van der Waals surface area contributed by atoms with Crippen LogP contribution in [-0.4, -0.2) is 24.5 Å². The Balaban J connectivity index is 2.15. The molecule has 108 valence electrons. The third-order valence-electron chi connectivity index (χ3n) is 2.65. The van der Waals surface area contributed by atoms with Gasteiger partial charge >= 0.3 is 0 Å². The highest BCUT2D eigenvalue weighted by molar-refractivity contribution is 7.92. The van der Waals surface area contributed by atoms with E-state index in [4.69, 9.17) is 11.6 Å². The number of aromatic nitrogens is 2. The molecule has 0 fully saturated rings. The van der Waals surface area contributed by atoms with Gasteiger partial charge in [-0.05, 0) is 24.3 Å². The average molecular weight is 315 g/mol. The third-order valence-corrected chi connectivity index (χ3v) is 3.59. The van der Waals surface area contributed by atoms with Crippen molar-refractivity contribution >= 4 is 33.0 Å². The lowest BCUT2D eigenvalue weighted by atomic mass is 10.2. The molecule has 0 saturated carbocycles. The van der Waals surface area contributed by atoms with Crippen molar-refractivity contribution in [3.8, 4) is 0 Å². The van der Waals surface area contributed by atoms with Crippen LogP contribution in [0, 0.1) is 0 Å². The SMILES string of the molecule is Cn1nccc1CNc1cc(NS(C)(=O)=O)ccc1Cl. The molecule has 1 heterocycles. The van der Waals surface area contributed by atoms with Crippen LogP contribution in [-0.2, 0) is 23.6 Å². The topological polar surface area (TPSA) is 76.0 Å². The smallest absolute Gasteiger partial charge is 0.229 e. The van der Waals surface area contributed by atoms with Gasteiger partial charge in [-0.2, -0.15) is 5.10 Å². The molecular formula is C12H15ClN4O2S. The predicted octanol–water partition coefficient (Wildman–Crippen LogP) is 2.06. The number of benzene rings is 1. The van der Waals surface area contributed by atoms with Crippen molar-refractivity contribution in [3.05, 3.63) is 41.2 Å². The lowest BCUT2D eigenvalue weighted by molar-refractivity contribution is 0.607. The van der Waals surface area contributed by atoms with Gasteiger partial charge in [0, 0.05) is 13.2 Å². The van der Waals surface area contributed by atoms with Gasteiger partial charge in [-0.3, -0.25) is 9.40 Å². The van der Waals surface area contributed by atoms with Crippen molar-refractivity contribution in [1.29, 1.82) is 0 Å². The lowest BCUT2D eigenvalue weighted by Gasteiger charge is -2.11. The number of hydrogen-bond acceptors (Lipinski definition) is 4. The number of sulfonamides is 1. The minimum absolute atomic E-state index is 0.462. The monoisotopic (exact) mass is 314 g/mol. The Labute approximate surface area is 122 Å². The molecule has 0 aliphatic rings. The first-order valence-electron chi connectivity index (χ1n) is 5.83. The van der Waals surface area contributed by atoms with Crippen molar-refractivity contribution in [2.24, 2.45) is 7.05 Å². The molecule has 1 aromatic heterocycles. The van der Waals surface area contributed by atoms with Gasteiger partial charge in [-0.25, -0.2) is 8.42 Å². The van der Waals surface area contributed by atoms with Crippen molar-refractivity contribution in [3.63, 3.8) is 0 Å². The molecule has 2 rings (SSSR count). The molecule has 0 unspecified atom stereocenters. The first-order chi connectivity index (χ1) is 9.35. The van der Waals surface area contributed by atoms with E-state index in [1.54, 1.807) is 29.1 Å². The summed E-state index contributed by atoms with van der Waals surface area (Å²) in [5.41, 5.74) is 2.11. The van der Waals surface area contributed by atoms with E-state index in [0.29, 0.717) is 22.9 Å². The van der Waals surface area contributed by atoms with Crippen LogP contribution in [0.3, 0.4) is 0 Å². The van der Waals surface area contributed by atoms with Gasteiger partial charge in [0.2, 0.25) is 10.0 Å². The second-order valence-electron chi connectivity index (χ2n) is 4.37. The Bertz CT molecular complexity index is 712. The molecule has 0 aliphatic heterocycles. The summed E-state index contributed by atoms with van der Waals surface area (Å²) >= 11 is 6.09. The molecule has 0 saturated heterocycles. The Morgan fingerprint density at radius 3 is 2.70 bits per heavy atom. The molecule has 0 bridgehead atoms.